The van der Waals surface area contributed by atoms with E-state index < -0.39 is 0 Å². The zero-order valence-electron chi connectivity index (χ0n) is 19.8. The van der Waals surface area contributed by atoms with Crippen LogP contribution in [0.4, 0.5) is 0 Å². The molecular weight excluding hydrogens is 464 g/mol. The second kappa shape index (κ2) is 11.8. The lowest BCUT2D eigenvalue weighted by atomic mass is 10.2. The lowest BCUT2D eigenvalue weighted by molar-refractivity contribution is -0.132. The Labute approximate surface area is 209 Å². The Kier molecular flexibility index (Phi) is 8.33. The van der Waals surface area contributed by atoms with Crippen LogP contribution >= 0.6 is 11.8 Å². The number of methoxy groups -OCH3 is 1. The summed E-state index contributed by atoms with van der Waals surface area (Å²) in [6.07, 6.45) is 6.62. The van der Waals surface area contributed by atoms with Crippen LogP contribution in [0.25, 0.3) is 0 Å². The first-order valence-corrected chi connectivity index (χ1v) is 12.5. The van der Waals surface area contributed by atoms with E-state index in [1.807, 2.05) is 42.7 Å². The van der Waals surface area contributed by atoms with Crippen molar-refractivity contribution in [1.82, 2.24) is 19.8 Å². The predicted octanol–water partition coefficient (Wildman–Crippen LogP) is 3.28. The molecule has 3 heterocycles. The van der Waals surface area contributed by atoms with E-state index in [2.05, 4.69) is 9.97 Å². The molecule has 3 aromatic rings. The van der Waals surface area contributed by atoms with Crippen LogP contribution in [0.2, 0.25) is 0 Å². The van der Waals surface area contributed by atoms with Gasteiger partial charge in [-0.15, -0.1) is 11.8 Å². The first-order chi connectivity index (χ1) is 17.1. The highest BCUT2D eigenvalue weighted by atomic mass is 32.2. The average Bonchev–Trinajstić information content (AvgIpc) is 3.06. The highest BCUT2D eigenvalue weighted by molar-refractivity contribution is 7.98. The average molecular weight is 493 g/mol. The number of hydrogen-bond donors (Lipinski definition) is 0. The Morgan fingerprint density at radius 2 is 1.83 bits per heavy atom. The van der Waals surface area contributed by atoms with Crippen LogP contribution in [0.15, 0.2) is 72.1 Å². The molecule has 2 aromatic heterocycles. The summed E-state index contributed by atoms with van der Waals surface area (Å²) in [7, 11) is 1.62. The van der Waals surface area contributed by atoms with Gasteiger partial charge in [0.25, 0.3) is 5.91 Å². The lowest BCUT2D eigenvalue weighted by Crippen LogP contribution is -2.40. The first-order valence-electron chi connectivity index (χ1n) is 11.3. The van der Waals surface area contributed by atoms with Crippen molar-refractivity contribution in [1.29, 1.82) is 0 Å². The van der Waals surface area contributed by atoms with E-state index >= 15 is 0 Å². The van der Waals surface area contributed by atoms with Gasteiger partial charge in [0.1, 0.15) is 17.3 Å². The van der Waals surface area contributed by atoms with Crippen molar-refractivity contribution < 1.29 is 19.1 Å². The summed E-state index contributed by atoms with van der Waals surface area (Å²) < 4.78 is 11.5. The van der Waals surface area contributed by atoms with Crippen LogP contribution in [0.3, 0.4) is 0 Å². The van der Waals surface area contributed by atoms with Crippen molar-refractivity contribution in [3.63, 3.8) is 0 Å². The smallest absolute Gasteiger partial charge is 0.257 e. The fraction of sp³-hybridized carbons (Fsp3) is 0.308. The Morgan fingerprint density at radius 3 is 2.54 bits per heavy atom. The molecule has 1 fully saturated rings. The van der Waals surface area contributed by atoms with E-state index in [1.165, 1.54) is 11.8 Å². The number of ether oxygens (including phenoxy) is 2. The van der Waals surface area contributed by atoms with E-state index in [1.54, 1.807) is 47.6 Å². The van der Waals surface area contributed by atoms with Gasteiger partial charge in [-0.3, -0.25) is 14.6 Å². The SMILES string of the molecule is COc1ccc(CN2CC(OCc3ccncc3)CN(C(=O)c3cccnc3SC)CC2=O)cc1. The molecule has 8 nitrogen and oxygen atoms in total. The van der Waals surface area contributed by atoms with Crippen molar-refractivity contribution in [2.75, 3.05) is 33.0 Å². The third kappa shape index (κ3) is 6.37. The first kappa shape index (κ1) is 24.7. The summed E-state index contributed by atoms with van der Waals surface area (Å²) in [6.45, 7) is 1.44. The minimum atomic E-state index is -0.355. The molecule has 0 N–H and O–H groups in total. The van der Waals surface area contributed by atoms with Crippen LogP contribution in [-0.2, 0) is 22.7 Å². The van der Waals surface area contributed by atoms with Crippen molar-refractivity contribution >= 4 is 23.6 Å². The number of thioether (sulfide) groups is 1. The van der Waals surface area contributed by atoms with Gasteiger partial charge in [-0.25, -0.2) is 4.98 Å². The van der Waals surface area contributed by atoms with E-state index in [0.717, 1.165) is 16.9 Å². The molecule has 1 saturated heterocycles. The van der Waals surface area contributed by atoms with Gasteiger partial charge in [-0.05, 0) is 53.8 Å². The molecule has 0 saturated carbocycles. The van der Waals surface area contributed by atoms with E-state index in [9.17, 15) is 9.59 Å². The third-order valence-electron chi connectivity index (χ3n) is 5.78. The topological polar surface area (TPSA) is 84.9 Å². The maximum absolute atomic E-state index is 13.5. The zero-order valence-corrected chi connectivity index (χ0v) is 20.6. The highest BCUT2D eigenvalue weighted by Gasteiger charge is 2.32. The molecular formula is C26H28N4O4S. The summed E-state index contributed by atoms with van der Waals surface area (Å²) in [5.41, 5.74) is 2.44. The molecule has 1 unspecified atom stereocenters. The molecule has 1 atom stereocenters. The summed E-state index contributed by atoms with van der Waals surface area (Å²) in [4.78, 5) is 38.4. The monoisotopic (exact) mass is 492 g/mol. The molecule has 1 aliphatic rings. The van der Waals surface area contributed by atoms with Crippen molar-refractivity contribution in [2.24, 2.45) is 0 Å². The van der Waals surface area contributed by atoms with E-state index in [-0.39, 0.29) is 24.5 Å². The largest absolute Gasteiger partial charge is 0.497 e. The van der Waals surface area contributed by atoms with Gasteiger partial charge in [-0.2, -0.15) is 0 Å². The molecule has 1 aliphatic heterocycles. The quantitative estimate of drug-likeness (QED) is 0.446. The summed E-state index contributed by atoms with van der Waals surface area (Å²) in [5.74, 6) is 0.408. The van der Waals surface area contributed by atoms with Crippen LogP contribution in [0.5, 0.6) is 5.75 Å². The lowest BCUT2D eigenvalue weighted by Gasteiger charge is -2.25. The second-order valence-electron chi connectivity index (χ2n) is 8.16. The van der Waals surface area contributed by atoms with Crippen LogP contribution in [-0.4, -0.2) is 70.7 Å². The summed E-state index contributed by atoms with van der Waals surface area (Å²) >= 11 is 1.41. The van der Waals surface area contributed by atoms with Gasteiger partial charge in [0.15, 0.2) is 0 Å². The van der Waals surface area contributed by atoms with Crippen LogP contribution < -0.4 is 4.74 Å². The van der Waals surface area contributed by atoms with Crippen LogP contribution in [0.1, 0.15) is 21.5 Å². The van der Waals surface area contributed by atoms with Gasteiger partial charge in [0, 0.05) is 38.2 Å². The van der Waals surface area contributed by atoms with E-state index in [4.69, 9.17) is 9.47 Å². The number of pyridine rings is 2. The van der Waals surface area contributed by atoms with Gasteiger partial charge >= 0.3 is 0 Å². The van der Waals surface area contributed by atoms with Gasteiger partial charge in [-0.1, -0.05) is 12.1 Å². The number of rotatable bonds is 8. The Balaban J connectivity index is 1.55. The fourth-order valence-electron chi connectivity index (χ4n) is 3.92. The minimum absolute atomic E-state index is 0.0210. The molecule has 9 heteroatoms. The molecule has 2 amide bonds. The van der Waals surface area contributed by atoms with Crippen molar-refractivity contribution in [3.05, 3.63) is 83.8 Å². The fourth-order valence-corrected chi connectivity index (χ4v) is 4.46. The van der Waals surface area contributed by atoms with Crippen LogP contribution in [0, 0.1) is 0 Å². The number of carbonyl (C=O) groups is 2. The van der Waals surface area contributed by atoms with E-state index in [0.29, 0.717) is 36.8 Å². The molecule has 182 valence electrons. The number of carbonyl (C=O) groups excluding carboxylic acids is 2. The number of hydrogen-bond acceptors (Lipinski definition) is 7. The number of nitrogens with zero attached hydrogens (tertiary/aromatic N) is 4. The zero-order chi connectivity index (χ0) is 24.6. The highest BCUT2D eigenvalue weighted by Crippen LogP contribution is 2.21. The van der Waals surface area contributed by atoms with Crippen molar-refractivity contribution in [2.45, 2.75) is 24.3 Å². The summed E-state index contributed by atoms with van der Waals surface area (Å²) in [5, 5.41) is 0.638. The second-order valence-corrected chi connectivity index (χ2v) is 8.95. The standard InChI is InChI=1S/C26H28N4O4S/c1-33-21-7-5-19(6-8-21)14-29-15-22(34-18-20-9-12-27-13-10-20)16-30(17-24(29)31)26(32)23-4-3-11-28-25(23)35-2/h3-13,22H,14-18H2,1-2H3. The van der Waals surface area contributed by atoms with Gasteiger partial charge < -0.3 is 19.3 Å². The van der Waals surface area contributed by atoms with Gasteiger partial charge in [0.05, 0.1) is 25.4 Å². The minimum Gasteiger partial charge on any atom is -0.497 e. The summed E-state index contributed by atoms with van der Waals surface area (Å²) in [6, 6.07) is 14.9. The normalized spacial score (nSPS) is 16.2. The maximum atomic E-state index is 13.5. The Hall–Kier alpha value is -3.43. The molecule has 35 heavy (non-hydrogen) atoms. The molecule has 0 spiro atoms. The molecule has 1 aromatic carbocycles. The molecule has 0 aliphatic carbocycles. The molecule has 4 rings (SSSR count). The number of aromatic nitrogens is 2. The number of amides is 2. The number of benzene rings is 1. The Morgan fingerprint density at radius 1 is 1.06 bits per heavy atom. The third-order valence-corrected chi connectivity index (χ3v) is 6.49. The molecule has 0 radical (unpaired) electrons. The van der Waals surface area contributed by atoms with Crippen molar-refractivity contribution in [3.8, 4) is 5.75 Å². The Bertz CT molecular complexity index is 1140. The maximum Gasteiger partial charge on any atom is 0.257 e. The molecule has 0 bridgehead atoms. The predicted molar refractivity (Wildman–Crippen MR) is 133 cm³/mol. The van der Waals surface area contributed by atoms with Gasteiger partial charge in [0.2, 0.25) is 5.91 Å².